The van der Waals surface area contributed by atoms with Gasteiger partial charge >= 0.3 is 11.7 Å². The van der Waals surface area contributed by atoms with Crippen molar-refractivity contribution in [3.05, 3.63) is 50.2 Å². The number of carbonyl (C=O) groups excluding carboxylic acids is 2. The fourth-order valence-electron chi connectivity index (χ4n) is 1.91. The predicted octanol–water partition coefficient (Wildman–Crippen LogP) is 2.91. The second kappa shape index (κ2) is 7.56. The average molecular weight is 375 g/mol. The van der Waals surface area contributed by atoms with Crippen LogP contribution in [0.3, 0.4) is 0 Å². The summed E-state index contributed by atoms with van der Waals surface area (Å²) in [7, 11) is 0. The van der Waals surface area contributed by atoms with E-state index in [0.717, 1.165) is 19.0 Å². The fraction of sp³-hybridized carbons (Fsp3) is 0.333. The molecule has 0 saturated heterocycles. The van der Waals surface area contributed by atoms with Crippen LogP contribution >= 0.6 is 11.6 Å². The molecule has 1 aromatic carbocycles. The normalized spacial score (nSPS) is 14.2. The van der Waals surface area contributed by atoms with Crippen molar-refractivity contribution in [3.8, 4) is 0 Å². The minimum atomic E-state index is -1.60. The average Bonchev–Trinajstić information content (AvgIpc) is 3.37. The number of esters is 1. The van der Waals surface area contributed by atoms with Gasteiger partial charge in [-0.05, 0) is 19.8 Å². The Morgan fingerprint density at radius 3 is 2.60 bits per heavy atom. The van der Waals surface area contributed by atoms with Crippen molar-refractivity contribution in [2.45, 2.75) is 25.8 Å². The number of hydrogen-bond donors (Lipinski definition) is 1. The van der Waals surface area contributed by atoms with Crippen molar-refractivity contribution in [2.75, 3.05) is 6.61 Å². The van der Waals surface area contributed by atoms with Crippen LogP contribution in [0.2, 0.25) is 5.02 Å². The van der Waals surface area contributed by atoms with Gasteiger partial charge in [-0.15, -0.1) is 0 Å². The highest BCUT2D eigenvalue weighted by molar-refractivity contribution is 6.32. The van der Waals surface area contributed by atoms with Gasteiger partial charge in [-0.1, -0.05) is 11.6 Å². The SMILES string of the molecule is CCOC(=O)/C(=C/NC1CC1)C(=O)c1cc([N+](=O)[O-])c(F)c(Cl)c1F. The van der Waals surface area contributed by atoms with E-state index in [2.05, 4.69) is 5.32 Å². The van der Waals surface area contributed by atoms with Crippen LogP contribution in [-0.4, -0.2) is 29.3 Å². The van der Waals surface area contributed by atoms with Crippen LogP contribution in [0.4, 0.5) is 14.5 Å². The van der Waals surface area contributed by atoms with Gasteiger partial charge in [0.1, 0.15) is 10.6 Å². The first-order chi connectivity index (χ1) is 11.8. The second-order valence-electron chi connectivity index (χ2n) is 5.19. The van der Waals surface area contributed by atoms with Gasteiger partial charge in [0.25, 0.3) is 0 Å². The number of nitrogens with one attached hydrogen (secondary N) is 1. The number of nitro groups is 1. The zero-order chi connectivity index (χ0) is 18.7. The fourth-order valence-corrected chi connectivity index (χ4v) is 2.11. The first kappa shape index (κ1) is 18.8. The number of rotatable bonds is 7. The maximum Gasteiger partial charge on any atom is 0.343 e. The number of hydrogen-bond acceptors (Lipinski definition) is 6. The third kappa shape index (κ3) is 4.11. The van der Waals surface area contributed by atoms with Gasteiger partial charge in [-0.2, -0.15) is 4.39 Å². The molecule has 1 fully saturated rings. The Bertz CT molecular complexity index is 778. The molecule has 1 aromatic rings. The van der Waals surface area contributed by atoms with Gasteiger partial charge in [0.05, 0.1) is 17.1 Å². The van der Waals surface area contributed by atoms with Gasteiger partial charge in [-0.25, -0.2) is 9.18 Å². The van der Waals surface area contributed by atoms with E-state index in [4.69, 9.17) is 16.3 Å². The zero-order valence-corrected chi connectivity index (χ0v) is 13.7. The van der Waals surface area contributed by atoms with Gasteiger partial charge in [0, 0.05) is 18.3 Å². The Hall–Kier alpha value is -2.55. The molecule has 1 N–H and O–H groups in total. The summed E-state index contributed by atoms with van der Waals surface area (Å²) in [6.45, 7) is 1.47. The summed E-state index contributed by atoms with van der Waals surface area (Å²) >= 11 is 5.40. The lowest BCUT2D eigenvalue weighted by molar-refractivity contribution is -0.387. The highest BCUT2D eigenvalue weighted by atomic mass is 35.5. The van der Waals surface area contributed by atoms with Crippen molar-refractivity contribution >= 4 is 29.0 Å². The molecule has 0 bridgehead atoms. The van der Waals surface area contributed by atoms with Crippen LogP contribution in [-0.2, 0) is 9.53 Å². The number of benzene rings is 1. The van der Waals surface area contributed by atoms with Gasteiger partial charge in [0.2, 0.25) is 11.6 Å². The molecule has 1 aliphatic rings. The Morgan fingerprint density at radius 1 is 1.44 bits per heavy atom. The van der Waals surface area contributed by atoms with Crippen LogP contribution in [0.1, 0.15) is 30.1 Å². The lowest BCUT2D eigenvalue weighted by Gasteiger charge is -2.09. The summed E-state index contributed by atoms with van der Waals surface area (Å²) < 4.78 is 32.6. The lowest BCUT2D eigenvalue weighted by atomic mass is 10.0. The molecule has 25 heavy (non-hydrogen) atoms. The third-order valence-electron chi connectivity index (χ3n) is 3.35. The van der Waals surface area contributed by atoms with Crippen molar-refractivity contribution < 1.29 is 28.0 Å². The van der Waals surface area contributed by atoms with Gasteiger partial charge in [0.15, 0.2) is 5.82 Å². The second-order valence-corrected chi connectivity index (χ2v) is 5.57. The van der Waals surface area contributed by atoms with E-state index >= 15 is 0 Å². The first-order valence-corrected chi connectivity index (χ1v) is 7.65. The minimum Gasteiger partial charge on any atom is -0.462 e. The minimum absolute atomic E-state index is 0.0420. The number of ketones is 1. The topological polar surface area (TPSA) is 98.5 Å². The molecule has 0 amide bonds. The van der Waals surface area contributed by atoms with Gasteiger partial charge < -0.3 is 10.1 Å². The lowest BCUT2D eigenvalue weighted by Crippen LogP contribution is -2.21. The Labute approximate surface area is 145 Å². The smallest absolute Gasteiger partial charge is 0.343 e. The molecule has 0 atom stereocenters. The molecule has 0 aliphatic heterocycles. The van der Waals surface area contributed by atoms with Crippen molar-refractivity contribution in [1.29, 1.82) is 0 Å². The molecule has 134 valence electrons. The molecule has 10 heteroatoms. The Morgan fingerprint density at radius 2 is 2.08 bits per heavy atom. The molecule has 1 saturated carbocycles. The summed E-state index contributed by atoms with van der Waals surface area (Å²) in [5, 5.41) is 12.4. The van der Waals surface area contributed by atoms with E-state index in [1.54, 1.807) is 0 Å². The number of Topliss-reactive ketones (excluding diaryl/α,β-unsaturated/α-hetero) is 1. The van der Waals surface area contributed by atoms with Crippen LogP contribution in [0.15, 0.2) is 17.8 Å². The molecule has 0 aromatic heterocycles. The van der Waals surface area contributed by atoms with Crippen molar-refractivity contribution in [2.24, 2.45) is 0 Å². The summed E-state index contributed by atoms with van der Waals surface area (Å²) in [4.78, 5) is 34.2. The Kier molecular flexibility index (Phi) is 5.68. The largest absolute Gasteiger partial charge is 0.462 e. The molecule has 0 radical (unpaired) electrons. The molecular weight excluding hydrogens is 362 g/mol. The summed E-state index contributed by atoms with van der Waals surface area (Å²) in [5.41, 5.74) is -2.63. The molecule has 0 spiro atoms. The maximum absolute atomic E-state index is 14.2. The predicted molar refractivity (Wildman–Crippen MR) is 83.2 cm³/mol. The molecule has 0 heterocycles. The highest BCUT2D eigenvalue weighted by Gasteiger charge is 2.31. The number of carbonyl (C=O) groups is 2. The van der Waals surface area contributed by atoms with E-state index in [1.807, 2.05) is 0 Å². The summed E-state index contributed by atoms with van der Waals surface area (Å²) in [6, 6.07) is 0.483. The first-order valence-electron chi connectivity index (χ1n) is 7.27. The van der Waals surface area contributed by atoms with E-state index in [9.17, 15) is 28.5 Å². The zero-order valence-electron chi connectivity index (χ0n) is 13.0. The van der Waals surface area contributed by atoms with Crippen LogP contribution in [0, 0.1) is 21.7 Å². The standard InChI is InChI=1S/C15H13ClF2N2O5/c1-2-25-15(22)9(6-19-7-3-4-7)14(21)8-5-10(20(23)24)13(18)11(16)12(8)17/h5-7,19H,2-4H2,1H3/b9-6+. The molecule has 7 nitrogen and oxygen atoms in total. The van der Waals surface area contributed by atoms with Crippen molar-refractivity contribution in [3.63, 3.8) is 0 Å². The van der Waals surface area contributed by atoms with E-state index in [-0.39, 0.29) is 12.6 Å². The van der Waals surface area contributed by atoms with Crippen molar-refractivity contribution in [1.82, 2.24) is 5.32 Å². The van der Waals surface area contributed by atoms with E-state index in [0.29, 0.717) is 6.07 Å². The molecule has 1 aliphatic carbocycles. The molecule has 0 unspecified atom stereocenters. The van der Waals surface area contributed by atoms with E-state index in [1.165, 1.54) is 6.92 Å². The summed E-state index contributed by atoms with van der Waals surface area (Å²) in [5.74, 6) is -5.33. The summed E-state index contributed by atoms with van der Waals surface area (Å²) in [6.07, 6.45) is 2.74. The monoisotopic (exact) mass is 374 g/mol. The van der Waals surface area contributed by atoms with Crippen LogP contribution < -0.4 is 5.32 Å². The Balaban J connectivity index is 2.49. The van der Waals surface area contributed by atoms with Gasteiger partial charge in [-0.3, -0.25) is 14.9 Å². The highest BCUT2D eigenvalue weighted by Crippen LogP contribution is 2.31. The quantitative estimate of drug-likeness (QED) is 0.115. The number of halogens is 3. The molecule has 2 rings (SSSR count). The van der Waals surface area contributed by atoms with E-state index < -0.39 is 50.2 Å². The third-order valence-corrected chi connectivity index (χ3v) is 3.68. The molecular formula is C15H13ClF2N2O5. The number of nitro benzene ring substituents is 1. The number of nitrogens with zero attached hydrogens (tertiary/aromatic N) is 1. The van der Waals surface area contributed by atoms with Crippen LogP contribution in [0.25, 0.3) is 0 Å². The van der Waals surface area contributed by atoms with Crippen LogP contribution in [0.5, 0.6) is 0 Å². The number of ether oxygens (including phenoxy) is 1. The maximum atomic E-state index is 14.2.